The van der Waals surface area contributed by atoms with Crippen molar-refractivity contribution in [3.05, 3.63) is 48.0 Å². The number of carbonyl (C=O) groups is 12. The lowest BCUT2D eigenvalue weighted by molar-refractivity contribution is -0.139. The predicted molar refractivity (Wildman–Crippen MR) is 282 cm³/mol. The van der Waals surface area contributed by atoms with Crippen LogP contribution in [0.1, 0.15) is 119 Å². The van der Waals surface area contributed by atoms with Gasteiger partial charge in [0.2, 0.25) is 59.1 Å². The van der Waals surface area contributed by atoms with E-state index in [1.54, 1.807) is 52.0 Å². The minimum absolute atomic E-state index is 0.0359. The molecule has 0 saturated carbocycles. The molecule has 10 amide bonds. The molecule has 426 valence electrons. The highest BCUT2D eigenvalue weighted by Gasteiger charge is 2.36. The van der Waals surface area contributed by atoms with Gasteiger partial charge < -0.3 is 69.5 Å². The number of nitrogens with one attached hydrogen (secondary N) is 9. The summed E-state index contributed by atoms with van der Waals surface area (Å²) in [5.41, 5.74) is 11.6. The lowest BCUT2D eigenvalue weighted by Gasteiger charge is -2.29. The van der Waals surface area contributed by atoms with Gasteiger partial charge in [0.25, 0.3) is 0 Å². The minimum atomic E-state index is -1.57. The third-order valence-electron chi connectivity index (χ3n) is 13.0. The van der Waals surface area contributed by atoms with E-state index in [4.69, 9.17) is 11.5 Å². The summed E-state index contributed by atoms with van der Waals surface area (Å²) in [5, 5.41) is 43.6. The smallest absolute Gasteiger partial charge is 0.303 e. The molecule has 0 saturated heterocycles. The molecular weight excluding hydrogens is 1000 g/mol. The number of primary amides is 1. The molecular formula is C52H79N11O14. The topological polar surface area (TPSA) is 406 Å². The predicted octanol–water partition coefficient (Wildman–Crippen LogP) is -0.739. The molecule has 0 aromatic heterocycles. The van der Waals surface area contributed by atoms with Crippen LogP contribution in [0, 0.1) is 11.8 Å². The van der Waals surface area contributed by atoms with Crippen LogP contribution in [0.25, 0.3) is 10.8 Å². The molecule has 2 aromatic carbocycles. The largest absolute Gasteiger partial charge is 0.481 e. The molecule has 2 rings (SSSR count). The third-order valence-corrected chi connectivity index (χ3v) is 13.0. The minimum Gasteiger partial charge on any atom is -0.481 e. The molecule has 77 heavy (non-hydrogen) atoms. The molecule has 0 unspecified atom stereocenters. The molecule has 15 N–H and O–H groups in total. The van der Waals surface area contributed by atoms with Gasteiger partial charge in [-0.3, -0.25) is 57.5 Å². The van der Waals surface area contributed by atoms with Crippen molar-refractivity contribution in [2.24, 2.45) is 23.3 Å². The van der Waals surface area contributed by atoms with Gasteiger partial charge in [-0.15, -0.1) is 0 Å². The zero-order chi connectivity index (χ0) is 58.1. The summed E-state index contributed by atoms with van der Waals surface area (Å²) in [4.78, 5) is 157. The molecule has 25 heteroatoms. The first kappa shape index (κ1) is 65.4. The van der Waals surface area contributed by atoms with E-state index >= 15 is 0 Å². The molecule has 0 fully saturated rings. The van der Waals surface area contributed by atoms with Gasteiger partial charge in [-0.05, 0) is 87.6 Å². The summed E-state index contributed by atoms with van der Waals surface area (Å²) in [6.45, 7) is 12.3. The maximum Gasteiger partial charge on any atom is 0.303 e. The average Bonchev–Trinajstić information content (AvgIpc) is 3.37. The molecule has 0 aliphatic heterocycles. The number of amides is 10. The Hall–Kier alpha value is -7.70. The van der Waals surface area contributed by atoms with Crippen molar-refractivity contribution in [3.8, 4) is 0 Å². The summed E-state index contributed by atoms with van der Waals surface area (Å²) in [6, 6.07) is 0.612. The fraction of sp³-hybridized carbons (Fsp3) is 0.577. The van der Waals surface area contributed by atoms with Crippen molar-refractivity contribution in [1.29, 1.82) is 0 Å². The van der Waals surface area contributed by atoms with Crippen molar-refractivity contribution in [1.82, 2.24) is 47.9 Å². The molecule has 0 bridgehead atoms. The fourth-order valence-corrected chi connectivity index (χ4v) is 7.81. The van der Waals surface area contributed by atoms with E-state index in [0.717, 1.165) is 10.8 Å². The fourth-order valence-electron chi connectivity index (χ4n) is 7.81. The number of hydrogen-bond acceptors (Lipinski definition) is 13. The van der Waals surface area contributed by atoms with Crippen LogP contribution in [0.5, 0.6) is 0 Å². The molecule has 2 aromatic rings. The van der Waals surface area contributed by atoms with Crippen molar-refractivity contribution in [2.45, 2.75) is 174 Å². The number of carboxylic acids is 2. The molecule has 0 radical (unpaired) electrons. The summed E-state index contributed by atoms with van der Waals surface area (Å²) in [5.74, 6) is -11.9. The van der Waals surface area contributed by atoms with E-state index in [2.05, 4.69) is 47.9 Å². The Morgan fingerprint density at radius 2 is 0.896 bits per heavy atom. The lowest BCUT2D eigenvalue weighted by Crippen LogP contribution is -2.61. The highest BCUT2D eigenvalue weighted by Crippen LogP contribution is 2.18. The van der Waals surface area contributed by atoms with E-state index in [-0.39, 0.29) is 25.8 Å². The van der Waals surface area contributed by atoms with Gasteiger partial charge in [-0.1, -0.05) is 83.0 Å². The van der Waals surface area contributed by atoms with Crippen molar-refractivity contribution in [3.63, 3.8) is 0 Å². The quantitative estimate of drug-likeness (QED) is 0.0384. The van der Waals surface area contributed by atoms with Gasteiger partial charge in [0.1, 0.15) is 54.4 Å². The van der Waals surface area contributed by atoms with Crippen molar-refractivity contribution < 1.29 is 67.7 Å². The van der Waals surface area contributed by atoms with Crippen LogP contribution < -0.4 is 59.3 Å². The van der Waals surface area contributed by atoms with Crippen LogP contribution in [0.3, 0.4) is 0 Å². The van der Waals surface area contributed by atoms with E-state index in [1.807, 2.05) is 18.2 Å². The Balaban J connectivity index is 2.49. The van der Waals surface area contributed by atoms with Crippen LogP contribution in [0.4, 0.5) is 0 Å². The van der Waals surface area contributed by atoms with Gasteiger partial charge in [-0.2, -0.15) is 0 Å². The number of fused-ring (bicyclic) bond motifs is 1. The third kappa shape index (κ3) is 22.6. The summed E-state index contributed by atoms with van der Waals surface area (Å²) in [6.07, 6.45) is -0.849. The maximum absolute atomic E-state index is 14.4. The second kappa shape index (κ2) is 32.7. The molecule has 0 aliphatic carbocycles. The normalized spacial score (nSPS) is 15.3. The summed E-state index contributed by atoms with van der Waals surface area (Å²) in [7, 11) is 0. The van der Waals surface area contributed by atoms with Gasteiger partial charge in [0.15, 0.2) is 0 Å². The molecule has 25 nitrogen and oxygen atoms in total. The number of carbonyl (C=O) groups excluding carboxylic acids is 10. The zero-order valence-electron chi connectivity index (χ0n) is 45.1. The van der Waals surface area contributed by atoms with Crippen LogP contribution in [-0.2, 0) is 64.0 Å². The van der Waals surface area contributed by atoms with Gasteiger partial charge in [-0.25, -0.2) is 0 Å². The number of carboxylic acid groups (broad SMARTS) is 2. The second-order valence-electron chi connectivity index (χ2n) is 19.3. The number of benzene rings is 2. The zero-order valence-corrected chi connectivity index (χ0v) is 45.1. The van der Waals surface area contributed by atoms with Gasteiger partial charge >= 0.3 is 11.9 Å². The Kier molecular flexibility index (Phi) is 27.8. The molecule has 11 atom stereocenters. The summed E-state index contributed by atoms with van der Waals surface area (Å²) >= 11 is 0. The van der Waals surface area contributed by atoms with E-state index in [1.165, 1.54) is 27.7 Å². The van der Waals surface area contributed by atoms with Crippen LogP contribution in [-0.4, -0.2) is 142 Å². The molecule has 0 heterocycles. The average molecular weight is 1080 g/mol. The Bertz CT molecular complexity index is 2420. The lowest BCUT2D eigenvalue weighted by atomic mass is 9.97. The SMILES string of the molecule is CC[C@H](C)[C@H](NC(=O)[C@H](C)NC(C)=O)C(=O)N[C@@H](CCC(=O)O)C(=O)N[C@@H](CCCCN)C(=O)N[C@@H](C)C(=O)N[C@@H](Cc1ccc2ccccc2c1)C(=O)N[C@@H](CCC(=O)O)C(=O)N[C@H](C(=O)N[C@@H](C)C(N)=O)[C@@H](C)CC. The van der Waals surface area contributed by atoms with E-state index < -0.39 is 163 Å². The Labute approximate surface area is 448 Å². The maximum atomic E-state index is 14.4. The van der Waals surface area contributed by atoms with Crippen LogP contribution in [0.2, 0.25) is 0 Å². The first-order valence-electron chi connectivity index (χ1n) is 25.8. The van der Waals surface area contributed by atoms with E-state index in [0.29, 0.717) is 24.8 Å². The Morgan fingerprint density at radius 1 is 0.481 bits per heavy atom. The highest BCUT2D eigenvalue weighted by molar-refractivity contribution is 5.99. The number of aliphatic carboxylic acids is 2. The second-order valence-corrected chi connectivity index (χ2v) is 19.3. The van der Waals surface area contributed by atoms with E-state index in [9.17, 15) is 67.7 Å². The number of hydrogen-bond donors (Lipinski definition) is 13. The Morgan fingerprint density at radius 3 is 1.40 bits per heavy atom. The first-order valence-corrected chi connectivity index (χ1v) is 25.8. The number of rotatable bonds is 34. The molecule has 0 spiro atoms. The van der Waals surface area contributed by atoms with Gasteiger partial charge in [0.05, 0.1) is 0 Å². The highest BCUT2D eigenvalue weighted by atomic mass is 16.4. The van der Waals surface area contributed by atoms with Crippen LogP contribution in [0.15, 0.2) is 42.5 Å². The van der Waals surface area contributed by atoms with Crippen LogP contribution >= 0.6 is 0 Å². The first-order chi connectivity index (χ1) is 36.2. The summed E-state index contributed by atoms with van der Waals surface area (Å²) < 4.78 is 0. The monoisotopic (exact) mass is 1080 g/mol. The van der Waals surface area contributed by atoms with Crippen molar-refractivity contribution in [2.75, 3.05) is 6.54 Å². The number of nitrogens with two attached hydrogens (primary N) is 2. The number of unbranched alkanes of at least 4 members (excludes halogenated alkanes) is 1. The standard InChI is InChI=1S/C52H79N11O14/c1-9-27(3)42(51(76)56-29(5)44(54)69)63-49(74)38(21-23-41(67)68)59-50(75)39(26-33-18-19-34-15-11-12-16-35(34)25-33)61-45(70)31(7)57-47(72)36(17-13-14-24-53)58-48(73)37(20-22-40(65)66)60-52(77)43(28(4)10-2)62-46(71)30(6)55-32(8)64/h11-12,15-16,18-19,25,27-31,36-39,42-43H,9-10,13-14,17,20-24,26,53H2,1-8H3,(H2,54,69)(H,55,64)(H,56,76)(H,57,72)(H,58,73)(H,59,75)(H,60,77)(H,61,70)(H,62,71)(H,63,74)(H,65,66)(H,67,68)/t27-,28-,29-,30-,31-,36-,37-,38-,39-,42-,43-/m0/s1. The van der Waals surface area contributed by atoms with Gasteiger partial charge in [0, 0.05) is 26.2 Å². The molecule has 0 aliphatic rings. The van der Waals surface area contributed by atoms with Crippen molar-refractivity contribution >= 4 is 81.8 Å².